The smallest absolute Gasteiger partial charge is 0.189 e. The largest absolute Gasteiger partial charge is 0.289 e. The number of hydrogen-bond donors (Lipinski definition) is 0. The third-order valence-electron chi connectivity index (χ3n) is 2.87. The number of rotatable bonds is 3. The van der Waals surface area contributed by atoms with Crippen molar-refractivity contribution in [2.45, 2.75) is 6.92 Å². The third-order valence-corrected chi connectivity index (χ3v) is 3.37. The van der Waals surface area contributed by atoms with Crippen LogP contribution < -0.4 is 0 Å². The van der Waals surface area contributed by atoms with Crippen LogP contribution in [0.1, 0.15) is 21.6 Å². The van der Waals surface area contributed by atoms with Gasteiger partial charge in [-0.1, -0.05) is 15.9 Å². The second-order valence-corrected chi connectivity index (χ2v) is 5.05. The van der Waals surface area contributed by atoms with Crippen LogP contribution in [0.5, 0.6) is 0 Å². The van der Waals surface area contributed by atoms with Gasteiger partial charge in [-0.05, 0) is 37.3 Å². The van der Waals surface area contributed by atoms with Crippen molar-refractivity contribution in [3.8, 4) is 0 Å². The number of hydrogen-bond acceptors (Lipinski definition) is 2. The maximum absolute atomic E-state index is 13.5. The summed E-state index contributed by atoms with van der Waals surface area (Å²) >= 11 is 3.26. The van der Waals surface area contributed by atoms with Crippen molar-refractivity contribution < 1.29 is 9.18 Å². The molecule has 19 heavy (non-hydrogen) atoms. The van der Waals surface area contributed by atoms with Gasteiger partial charge in [-0.3, -0.25) is 9.48 Å². The van der Waals surface area contributed by atoms with E-state index in [1.54, 1.807) is 23.9 Å². The summed E-state index contributed by atoms with van der Waals surface area (Å²) in [6, 6.07) is 4.58. The molecule has 0 aliphatic heterocycles. The summed E-state index contributed by atoms with van der Waals surface area (Å²) in [5.41, 5.74) is 1.67. The van der Waals surface area contributed by atoms with E-state index in [-0.39, 0.29) is 11.6 Å². The van der Waals surface area contributed by atoms with Crippen LogP contribution in [-0.2, 0) is 7.05 Å². The first-order chi connectivity index (χ1) is 8.99. The van der Waals surface area contributed by atoms with Crippen LogP contribution in [0.4, 0.5) is 4.39 Å². The molecule has 2 aromatic rings. The van der Waals surface area contributed by atoms with Gasteiger partial charge in [-0.25, -0.2) is 4.39 Å². The zero-order valence-electron chi connectivity index (χ0n) is 10.5. The molecule has 0 saturated heterocycles. The van der Waals surface area contributed by atoms with Gasteiger partial charge in [0.25, 0.3) is 0 Å². The molecule has 0 atom stereocenters. The number of allylic oxidation sites excluding steroid dienone is 1. The SMILES string of the molecule is Cc1c(C(=O)/C=C/c2cc(Br)ccc2F)cnn1C. The number of carbonyl (C=O) groups excluding carboxylic acids is 1. The molecule has 1 aromatic heterocycles. The number of ketones is 1. The van der Waals surface area contributed by atoms with E-state index in [1.165, 1.54) is 24.4 Å². The highest BCUT2D eigenvalue weighted by molar-refractivity contribution is 9.10. The minimum absolute atomic E-state index is 0.190. The van der Waals surface area contributed by atoms with Crippen LogP contribution in [0.3, 0.4) is 0 Å². The number of aryl methyl sites for hydroxylation is 1. The maximum atomic E-state index is 13.5. The van der Waals surface area contributed by atoms with Crippen molar-refractivity contribution in [1.29, 1.82) is 0 Å². The van der Waals surface area contributed by atoms with E-state index < -0.39 is 0 Å². The van der Waals surface area contributed by atoms with Crippen LogP contribution >= 0.6 is 15.9 Å². The van der Waals surface area contributed by atoms with Crippen molar-refractivity contribution in [2.24, 2.45) is 7.05 Å². The average Bonchev–Trinajstić information content (AvgIpc) is 2.71. The summed E-state index contributed by atoms with van der Waals surface area (Å²) in [5, 5.41) is 4.00. The van der Waals surface area contributed by atoms with Gasteiger partial charge in [0.15, 0.2) is 5.78 Å². The fraction of sp³-hybridized carbons (Fsp3) is 0.143. The Morgan fingerprint density at radius 2 is 2.21 bits per heavy atom. The van der Waals surface area contributed by atoms with E-state index in [0.29, 0.717) is 11.1 Å². The Labute approximate surface area is 118 Å². The average molecular weight is 323 g/mol. The molecule has 0 unspecified atom stereocenters. The monoisotopic (exact) mass is 322 g/mol. The first-order valence-corrected chi connectivity index (χ1v) is 6.44. The molecule has 2 rings (SSSR count). The quantitative estimate of drug-likeness (QED) is 0.640. The van der Waals surface area contributed by atoms with E-state index in [2.05, 4.69) is 21.0 Å². The van der Waals surface area contributed by atoms with E-state index in [9.17, 15) is 9.18 Å². The molecular weight excluding hydrogens is 311 g/mol. The van der Waals surface area contributed by atoms with Gasteiger partial charge in [-0.15, -0.1) is 0 Å². The van der Waals surface area contributed by atoms with E-state index in [1.807, 2.05) is 6.92 Å². The van der Waals surface area contributed by atoms with Gasteiger partial charge in [0.2, 0.25) is 0 Å². The molecular formula is C14H12BrFN2O. The van der Waals surface area contributed by atoms with E-state index in [0.717, 1.165) is 10.2 Å². The minimum Gasteiger partial charge on any atom is -0.289 e. The lowest BCUT2D eigenvalue weighted by Crippen LogP contribution is -1.98. The van der Waals surface area contributed by atoms with Gasteiger partial charge in [0, 0.05) is 22.8 Å². The summed E-state index contributed by atoms with van der Waals surface area (Å²) in [4.78, 5) is 12.0. The maximum Gasteiger partial charge on any atom is 0.189 e. The molecule has 3 nitrogen and oxygen atoms in total. The van der Waals surface area contributed by atoms with Gasteiger partial charge < -0.3 is 0 Å². The molecule has 0 spiro atoms. The highest BCUT2D eigenvalue weighted by Crippen LogP contribution is 2.17. The molecule has 1 aromatic carbocycles. The van der Waals surface area contributed by atoms with Crippen LogP contribution in [0, 0.1) is 12.7 Å². The van der Waals surface area contributed by atoms with E-state index in [4.69, 9.17) is 0 Å². The topological polar surface area (TPSA) is 34.9 Å². The Bertz CT molecular complexity index is 661. The molecule has 0 aliphatic rings. The molecule has 98 valence electrons. The third kappa shape index (κ3) is 2.98. The highest BCUT2D eigenvalue weighted by atomic mass is 79.9. The Morgan fingerprint density at radius 1 is 1.47 bits per heavy atom. The Morgan fingerprint density at radius 3 is 2.84 bits per heavy atom. The molecule has 0 fully saturated rings. The summed E-state index contributed by atoms with van der Waals surface area (Å²) in [6.07, 6.45) is 4.34. The van der Waals surface area contributed by atoms with Gasteiger partial charge in [0.05, 0.1) is 11.8 Å². The molecule has 0 saturated carbocycles. The van der Waals surface area contributed by atoms with Gasteiger partial charge in [-0.2, -0.15) is 5.10 Å². The first-order valence-electron chi connectivity index (χ1n) is 5.65. The molecule has 5 heteroatoms. The first kappa shape index (κ1) is 13.7. The predicted octanol–water partition coefficient (Wildman–Crippen LogP) is 3.53. The van der Waals surface area contributed by atoms with Crippen molar-refractivity contribution in [1.82, 2.24) is 9.78 Å². The van der Waals surface area contributed by atoms with Gasteiger partial charge >= 0.3 is 0 Å². The zero-order valence-corrected chi connectivity index (χ0v) is 12.1. The summed E-state index contributed by atoms with van der Waals surface area (Å²) in [6.45, 7) is 1.81. The van der Waals surface area contributed by atoms with Crippen molar-refractivity contribution in [3.05, 3.63) is 57.6 Å². The van der Waals surface area contributed by atoms with Crippen LogP contribution in [0.2, 0.25) is 0 Å². The van der Waals surface area contributed by atoms with Crippen LogP contribution in [-0.4, -0.2) is 15.6 Å². The van der Waals surface area contributed by atoms with Crippen LogP contribution in [0.15, 0.2) is 34.9 Å². The molecule has 0 amide bonds. The van der Waals surface area contributed by atoms with Crippen LogP contribution in [0.25, 0.3) is 6.08 Å². The van der Waals surface area contributed by atoms with Gasteiger partial charge in [0.1, 0.15) is 5.82 Å². The minimum atomic E-state index is -0.366. The summed E-state index contributed by atoms with van der Waals surface area (Å²) < 4.78 is 15.9. The van der Waals surface area contributed by atoms with Crippen molar-refractivity contribution in [3.63, 3.8) is 0 Å². The van der Waals surface area contributed by atoms with Crippen molar-refractivity contribution >= 4 is 27.8 Å². The molecule has 1 heterocycles. The second kappa shape index (κ2) is 5.48. The molecule has 0 N–H and O–H groups in total. The normalized spacial score (nSPS) is 11.2. The molecule has 0 radical (unpaired) electrons. The Balaban J connectivity index is 2.25. The Kier molecular flexibility index (Phi) is 3.95. The van der Waals surface area contributed by atoms with Crippen molar-refractivity contribution in [2.75, 3.05) is 0 Å². The van der Waals surface area contributed by atoms with E-state index >= 15 is 0 Å². The standard InChI is InChI=1S/C14H12BrFN2O/c1-9-12(8-17-18(9)2)14(19)6-3-10-7-11(15)4-5-13(10)16/h3-8H,1-2H3/b6-3+. The molecule has 0 aliphatic carbocycles. The number of aromatic nitrogens is 2. The number of halogens is 2. The fourth-order valence-corrected chi connectivity index (χ4v) is 2.02. The Hall–Kier alpha value is -1.75. The number of benzene rings is 1. The summed E-state index contributed by atoms with van der Waals surface area (Å²) in [7, 11) is 1.77. The summed E-state index contributed by atoms with van der Waals surface area (Å²) in [5.74, 6) is -0.555. The number of nitrogens with zero attached hydrogens (tertiary/aromatic N) is 2. The lowest BCUT2D eigenvalue weighted by molar-refractivity contribution is 0.104. The number of carbonyl (C=O) groups is 1. The molecule has 0 bridgehead atoms. The predicted molar refractivity (Wildman–Crippen MR) is 75.4 cm³/mol. The highest BCUT2D eigenvalue weighted by Gasteiger charge is 2.10. The zero-order chi connectivity index (χ0) is 14.0. The fourth-order valence-electron chi connectivity index (χ4n) is 1.64. The lowest BCUT2D eigenvalue weighted by atomic mass is 10.1. The second-order valence-electron chi connectivity index (χ2n) is 4.13. The lowest BCUT2D eigenvalue weighted by Gasteiger charge is -1.98.